The lowest BCUT2D eigenvalue weighted by atomic mass is 9.90. The van der Waals surface area contributed by atoms with Gasteiger partial charge >= 0.3 is 0 Å². The SMILES string of the molecule is CCS(=O)(=O)c1ncc(CN2CCC[C@H](c3cccc(C)c3)C2)n1CCOC. The Kier molecular flexibility index (Phi) is 6.91. The van der Waals surface area contributed by atoms with Crippen LogP contribution in [0.5, 0.6) is 0 Å². The molecule has 2 aromatic rings. The Bertz CT molecular complexity index is 892. The molecule has 0 unspecified atom stereocenters. The van der Waals surface area contributed by atoms with Gasteiger partial charge in [-0.2, -0.15) is 0 Å². The van der Waals surface area contributed by atoms with Crippen LogP contribution in [0, 0.1) is 6.92 Å². The van der Waals surface area contributed by atoms with Gasteiger partial charge in [0.25, 0.3) is 0 Å². The number of aryl methyl sites for hydroxylation is 1. The van der Waals surface area contributed by atoms with Crippen LogP contribution in [-0.2, 0) is 27.7 Å². The first-order chi connectivity index (χ1) is 13.4. The lowest BCUT2D eigenvalue weighted by Crippen LogP contribution is -2.34. The highest BCUT2D eigenvalue weighted by atomic mass is 32.2. The molecule has 154 valence electrons. The van der Waals surface area contributed by atoms with Crippen molar-refractivity contribution in [2.45, 2.75) is 50.9 Å². The number of aromatic nitrogens is 2. The molecule has 0 radical (unpaired) electrons. The zero-order valence-corrected chi connectivity index (χ0v) is 17.9. The van der Waals surface area contributed by atoms with Crippen LogP contribution < -0.4 is 0 Å². The largest absolute Gasteiger partial charge is 0.383 e. The molecule has 0 bridgehead atoms. The van der Waals surface area contributed by atoms with Crippen molar-refractivity contribution in [1.29, 1.82) is 0 Å². The normalized spacial score (nSPS) is 18.5. The standard InChI is InChI=1S/C21H31N3O3S/c1-4-28(25,26)21-22-14-20(24(21)11-12-27-3)16-23-10-6-9-19(15-23)18-8-5-7-17(2)13-18/h5,7-8,13-14,19H,4,6,9-12,15-16H2,1-3H3/t19-/m0/s1. The number of hydrogen-bond donors (Lipinski definition) is 0. The quantitative estimate of drug-likeness (QED) is 0.675. The molecule has 1 aliphatic heterocycles. The molecule has 7 heteroatoms. The Hall–Kier alpha value is -1.70. The van der Waals surface area contributed by atoms with Gasteiger partial charge in [-0.3, -0.25) is 4.90 Å². The lowest BCUT2D eigenvalue weighted by molar-refractivity contribution is 0.175. The summed E-state index contributed by atoms with van der Waals surface area (Å²) >= 11 is 0. The molecular formula is C21H31N3O3S. The van der Waals surface area contributed by atoms with E-state index in [9.17, 15) is 8.42 Å². The predicted molar refractivity (Wildman–Crippen MR) is 110 cm³/mol. The van der Waals surface area contributed by atoms with E-state index < -0.39 is 9.84 Å². The topological polar surface area (TPSA) is 64.4 Å². The maximum Gasteiger partial charge on any atom is 0.227 e. The zero-order valence-electron chi connectivity index (χ0n) is 17.1. The van der Waals surface area contributed by atoms with Crippen LogP contribution in [-0.4, -0.2) is 55.4 Å². The fourth-order valence-electron chi connectivity index (χ4n) is 3.94. The van der Waals surface area contributed by atoms with Gasteiger partial charge < -0.3 is 9.30 Å². The van der Waals surface area contributed by atoms with E-state index in [1.807, 2.05) is 4.57 Å². The van der Waals surface area contributed by atoms with Crippen LogP contribution in [0.3, 0.4) is 0 Å². The van der Waals surface area contributed by atoms with Crippen molar-refractivity contribution in [2.24, 2.45) is 0 Å². The highest BCUT2D eigenvalue weighted by Gasteiger charge is 2.25. The first-order valence-corrected chi connectivity index (χ1v) is 11.6. The summed E-state index contributed by atoms with van der Waals surface area (Å²) in [6.07, 6.45) is 4.05. The number of piperidine rings is 1. The minimum atomic E-state index is -3.36. The molecule has 0 aliphatic carbocycles. The number of nitrogens with zero attached hydrogens (tertiary/aromatic N) is 3. The summed E-state index contributed by atoms with van der Waals surface area (Å²) in [6, 6.07) is 8.76. The molecule has 0 amide bonds. The number of sulfone groups is 1. The van der Waals surface area contributed by atoms with Crippen LogP contribution >= 0.6 is 0 Å². The van der Waals surface area contributed by atoms with Gasteiger partial charge in [0, 0.05) is 26.7 Å². The van der Waals surface area contributed by atoms with Crippen molar-refractivity contribution in [3.63, 3.8) is 0 Å². The summed E-state index contributed by atoms with van der Waals surface area (Å²) in [7, 11) is -1.73. The number of likely N-dealkylation sites (tertiary alicyclic amines) is 1. The second kappa shape index (κ2) is 9.20. The second-order valence-electron chi connectivity index (χ2n) is 7.57. The van der Waals surface area contributed by atoms with Crippen LogP contribution in [0.2, 0.25) is 0 Å². The van der Waals surface area contributed by atoms with Crippen molar-refractivity contribution < 1.29 is 13.2 Å². The van der Waals surface area contributed by atoms with Gasteiger partial charge in [0.05, 0.1) is 24.3 Å². The maximum absolute atomic E-state index is 12.4. The van der Waals surface area contributed by atoms with E-state index in [2.05, 4.69) is 41.1 Å². The van der Waals surface area contributed by atoms with Gasteiger partial charge in [-0.05, 0) is 37.8 Å². The van der Waals surface area contributed by atoms with E-state index in [0.29, 0.717) is 25.6 Å². The third kappa shape index (κ3) is 4.82. The van der Waals surface area contributed by atoms with Crippen LogP contribution in [0.15, 0.2) is 35.6 Å². The van der Waals surface area contributed by atoms with Crippen LogP contribution in [0.4, 0.5) is 0 Å². The van der Waals surface area contributed by atoms with Crippen molar-refractivity contribution >= 4 is 9.84 Å². The average Bonchev–Trinajstić information content (AvgIpc) is 3.10. The maximum atomic E-state index is 12.4. The smallest absolute Gasteiger partial charge is 0.227 e. The number of methoxy groups -OCH3 is 1. The molecule has 3 rings (SSSR count). The Labute approximate surface area is 168 Å². The minimum absolute atomic E-state index is 0.0512. The zero-order chi connectivity index (χ0) is 20.1. The summed E-state index contributed by atoms with van der Waals surface area (Å²) in [4.78, 5) is 6.67. The molecule has 0 saturated carbocycles. The number of benzene rings is 1. The molecule has 1 aliphatic rings. The molecule has 2 heterocycles. The number of rotatable bonds is 8. The second-order valence-corrected chi connectivity index (χ2v) is 9.74. The van der Waals surface area contributed by atoms with Crippen LogP contribution in [0.25, 0.3) is 0 Å². The molecule has 1 fully saturated rings. The van der Waals surface area contributed by atoms with Crippen molar-refractivity contribution in [2.75, 3.05) is 32.6 Å². The molecule has 1 atom stereocenters. The predicted octanol–water partition coefficient (Wildman–Crippen LogP) is 3.01. The molecular weight excluding hydrogens is 374 g/mol. The van der Waals surface area contributed by atoms with Crippen molar-refractivity contribution in [3.05, 3.63) is 47.3 Å². The van der Waals surface area contributed by atoms with E-state index in [1.165, 1.54) is 17.5 Å². The fourth-order valence-corrected chi connectivity index (χ4v) is 4.96. The Morgan fingerprint density at radius 3 is 2.86 bits per heavy atom. The molecule has 0 spiro atoms. The van der Waals surface area contributed by atoms with E-state index in [-0.39, 0.29) is 10.9 Å². The number of ether oxygens (including phenoxy) is 1. The first-order valence-electron chi connectivity index (χ1n) is 9.99. The summed E-state index contributed by atoms with van der Waals surface area (Å²) < 4.78 is 31.9. The third-order valence-corrected chi connectivity index (χ3v) is 7.13. The van der Waals surface area contributed by atoms with Crippen molar-refractivity contribution in [3.8, 4) is 0 Å². The van der Waals surface area contributed by atoms with E-state index in [4.69, 9.17) is 4.74 Å². The van der Waals surface area contributed by atoms with E-state index in [0.717, 1.165) is 25.2 Å². The highest BCUT2D eigenvalue weighted by molar-refractivity contribution is 7.91. The fraction of sp³-hybridized carbons (Fsp3) is 0.571. The Morgan fingerprint density at radius 1 is 1.32 bits per heavy atom. The lowest BCUT2D eigenvalue weighted by Gasteiger charge is -2.33. The minimum Gasteiger partial charge on any atom is -0.383 e. The van der Waals surface area contributed by atoms with Gasteiger partial charge in [-0.1, -0.05) is 36.8 Å². The summed E-state index contributed by atoms with van der Waals surface area (Å²) in [5.74, 6) is 0.568. The average molecular weight is 406 g/mol. The molecule has 28 heavy (non-hydrogen) atoms. The molecule has 6 nitrogen and oxygen atoms in total. The highest BCUT2D eigenvalue weighted by Crippen LogP contribution is 2.28. The molecule has 1 aromatic heterocycles. The van der Waals surface area contributed by atoms with Crippen LogP contribution in [0.1, 0.15) is 42.5 Å². The summed E-state index contributed by atoms with van der Waals surface area (Å²) in [5.41, 5.74) is 3.63. The van der Waals surface area contributed by atoms with Gasteiger partial charge in [-0.25, -0.2) is 13.4 Å². The number of hydrogen-bond acceptors (Lipinski definition) is 5. The van der Waals surface area contributed by atoms with Gasteiger partial charge in [-0.15, -0.1) is 0 Å². The first kappa shape index (κ1) is 21.0. The summed E-state index contributed by atoms with van der Waals surface area (Å²) in [6.45, 7) is 7.45. The van der Waals surface area contributed by atoms with Gasteiger partial charge in [0.1, 0.15) is 0 Å². The van der Waals surface area contributed by atoms with Gasteiger partial charge in [0.2, 0.25) is 15.0 Å². The Morgan fingerprint density at radius 2 is 2.14 bits per heavy atom. The van der Waals surface area contributed by atoms with E-state index >= 15 is 0 Å². The monoisotopic (exact) mass is 405 g/mol. The summed E-state index contributed by atoms with van der Waals surface area (Å²) in [5, 5.41) is 0.161. The Balaban J connectivity index is 1.79. The van der Waals surface area contributed by atoms with Gasteiger partial charge in [0.15, 0.2) is 0 Å². The molecule has 1 aromatic carbocycles. The third-order valence-electron chi connectivity index (χ3n) is 5.48. The van der Waals surface area contributed by atoms with E-state index in [1.54, 1.807) is 20.2 Å². The molecule has 1 saturated heterocycles. The van der Waals surface area contributed by atoms with Crippen molar-refractivity contribution in [1.82, 2.24) is 14.5 Å². The molecule has 0 N–H and O–H groups in total. The number of imidazole rings is 1.